The second kappa shape index (κ2) is 8.43. The van der Waals surface area contributed by atoms with Crippen molar-refractivity contribution in [1.82, 2.24) is 0 Å². The fourth-order valence-electron chi connectivity index (χ4n) is 4.92. The number of rotatable bonds is 5. The highest BCUT2D eigenvalue weighted by Gasteiger charge is 2.59. The van der Waals surface area contributed by atoms with Crippen LogP contribution < -0.4 is 10.2 Å². The minimum absolute atomic E-state index is 0.104. The third kappa shape index (κ3) is 3.87. The van der Waals surface area contributed by atoms with Crippen LogP contribution in [-0.4, -0.2) is 30.3 Å². The summed E-state index contributed by atoms with van der Waals surface area (Å²) in [6.07, 6.45) is 4.90. The zero-order chi connectivity index (χ0) is 23.3. The van der Waals surface area contributed by atoms with E-state index in [1.54, 1.807) is 30.3 Å². The van der Waals surface area contributed by atoms with E-state index in [0.717, 1.165) is 10.9 Å². The van der Waals surface area contributed by atoms with Crippen molar-refractivity contribution in [3.8, 4) is 0 Å². The van der Waals surface area contributed by atoms with Crippen LogP contribution in [0, 0.1) is 23.7 Å². The molecule has 0 spiro atoms. The van der Waals surface area contributed by atoms with Crippen molar-refractivity contribution >= 4 is 62.6 Å². The molecule has 1 aliphatic heterocycles. The highest BCUT2D eigenvalue weighted by Crippen LogP contribution is 2.53. The summed E-state index contributed by atoms with van der Waals surface area (Å²) >= 11 is 9.36. The van der Waals surface area contributed by atoms with Crippen LogP contribution in [0.5, 0.6) is 0 Å². The molecule has 2 aliphatic carbocycles. The van der Waals surface area contributed by atoms with Crippen LogP contribution in [0.4, 0.5) is 11.4 Å². The predicted octanol–water partition coefficient (Wildman–Crippen LogP) is 4.21. The fraction of sp³-hybridized carbons (Fsp3) is 0.250. The maximum absolute atomic E-state index is 13.0. The number of fused-ring (bicyclic) bond motifs is 5. The molecule has 0 unspecified atom stereocenters. The first kappa shape index (κ1) is 21.9. The van der Waals surface area contributed by atoms with E-state index in [4.69, 9.17) is 16.3 Å². The minimum atomic E-state index is -0.741. The summed E-state index contributed by atoms with van der Waals surface area (Å²) < 4.78 is 5.88. The van der Waals surface area contributed by atoms with Gasteiger partial charge in [0, 0.05) is 4.47 Å². The molecule has 0 aromatic heterocycles. The summed E-state index contributed by atoms with van der Waals surface area (Å²) in [4.78, 5) is 51.9. The Labute approximate surface area is 202 Å². The summed E-state index contributed by atoms with van der Waals surface area (Å²) in [5, 5.41) is 2.91. The Hall–Kier alpha value is -2.97. The van der Waals surface area contributed by atoms with Gasteiger partial charge >= 0.3 is 5.97 Å². The molecule has 5 rings (SSSR count). The Morgan fingerprint density at radius 3 is 2.42 bits per heavy atom. The number of benzene rings is 2. The highest BCUT2D eigenvalue weighted by molar-refractivity contribution is 9.10. The fourth-order valence-corrected chi connectivity index (χ4v) is 5.64. The first-order valence-electron chi connectivity index (χ1n) is 10.4. The van der Waals surface area contributed by atoms with Gasteiger partial charge in [-0.25, -0.2) is 9.69 Å². The number of nitrogens with one attached hydrogen (secondary N) is 1. The van der Waals surface area contributed by atoms with Crippen LogP contribution in [0.2, 0.25) is 5.02 Å². The predicted molar refractivity (Wildman–Crippen MR) is 125 cm³/mol. The van der Waals surface area contributed by atoms with E-state index in [-0.39, 0.29) is 41.0 Å². The van der Waals surface area contributed by atoms with Crippen molar-refractivity contribution in [3.05, 3.63) is 69.7 Å². The molecule has 2 aromatic rings. The van der Waals surface area contributed by atoms with Crippen molar-refractivity contribution < 1.29 is 23.9 Å². The minimum Gasteiger partial charge on any atom is -0.452 e. The van der Waals surface area contributed by atoms with Crippen molar-refractivity contribution in [3.63, 3.8) is 0 Å². The summed E-state index contributed by atoms with van der Waals surface area (Å²) in [6, 6.07) is 11.1. The van der Waals surface area contributed by atoms with Gasteiger partial charge in [-0.05, 0) is 54.7 Å². The van der Waals surface area contributed by atoms with E-state index in [9.17, 15) is 19.2 Å². The zero-order valence-electron chi connectivity index (χ0n) is 17.2. The monoisotopic (exact) mass is 528 g/mol. The number of esters is 1. The number of nitrogens with zero attached hydrogens (tertiary/aromatic N) is 1. The first-order chi connectivity index (χ1) is 15.8. The van der Waals surface area contributed by atoms with E-state index >= 15 is 0 Å². The summed E-state index contributed by atoms with van der Waals surface area (Å²) in [5.74, 6) is -2.18. The summed E-state index contributed by atoms with van der Waals surface area (Å²) in [6.45, 7) is -0.518. The molecule has 3 amide bonds. The van der Waals surface area contributed by atoms with Crippen molar-refractivity contribution in [1.29, 1.82) is 0 Å². The van der Waals surface area contributed by atoms with Crippen molar-refractivity contribution in [2.45, 2.75) is 6.42 Å². The molecule has 0 radical (unpaired) electrons. The smallest absolute Gasteiger partial charge is 0.338 e. The number of ether oxygens (including phenoxy) is 1. The molecule has 7 nitrogen and oxygen atoms in total. The van der Waals surface area contributed by atoms with Gasteiger partial charge in [-0.3, -0.25) is 14.4 Å². The van der Waals surface area contributed by atoms with E-state index in [1.807, 2.05) is 12.2 Å². The van der Waals surface area contributed by atoms with Gasteiger partial charge in [0.05, 0.1) is 33.8 Å². The Morgan fingerprint density at radius 2 is 1.76 bits per heavy atom. The van der Waals surface area contributed by atoms with Gasteiger partial charge in [0.1, 0.15) is 0 Å². The lowest BCUT2D eigenvalue weighted by Crippen LogP contribution is -2.33. The van der Waals surface area contributed by atoms with Crippen LogP contribution in [-0.2, 0) is 19.1 Å². The third-order valence-corrected chi connectivity index (χ3v) is 7.16. The summed E-state index contributed by atoms with van der Waals surface area (Å²) in [5.41, 5.74) is 0.864. The standard InChI is InChI=1S/C24H18BrClN2O5/c25-15-6-7-18(17(26)10-15)27-19(29)11-33-24(32)14-2-1-3-16(9-14)28-22(30)20-12-4-5-13(8-12)21(20)23(28)31/h1-7,9-10,12-13,20-21H,8,11H2,(H,27,29)/t12-,13-,20-,21+/m0/s1. The van der Waals surface area contributed by atoms with Gasteiger partial charge in [-0.1, -0.05) is 45.7 Å². The zero-order valence-corrected chi connectivity index (χ0v) is 19.5. The van der Waals surface area contributed by atoms with E-state index in [1.165, 1.54) is 17.0 Å². The number of allylic oxidation sites excluding steroid dienone is 2. The quantitative estimate of drug-likeness (QED) is 0.356. The van der Waals surface area contributed by atoms with Gasteiger partial charge in [-0.2, -0.15) is 0 Å². The molecule has 1 N–H and O–H groups in total. The van der Waals surface area contributed by atoms with Gasteiger partial charge in [0.2, 0.25) is 11.8 Å². The molecule has 33 heavy (non-hydrogen) atoms. The normalized spacial score (nSPS) is 24.8. The Kier molecular flexibility index (Phi) is 5.58. The molecule has 2 fully saturated rings. The van der Waals surface area contributed by atoms with Crippen LogP contribution >= 0.6 is 27.5 Å². The maximum Gasteiger partial charge on any atom is 0.338 e. The molecule has 1 saturated carbocycles. The van der Waals surface area contributed by atoms with Crippen molar-refractivity contribution in [2.75, 3.05) is 16.8 Å². The number of imide groups is 1. The van der Waals surface area contributed by atoms with Gasteiger partial charge in [0.25, 0.3) is 5.91 Å². The maximum atomic E-state index is 13.0. The number of carbonyl (C=O) groups excluding carboxylic acids is 4. The third-order valence-electron chi connectivity index (χ3n) is 6.35. The molecule has 2 aromatic carbocycles. The van der Waals surface area contributed by atoms with Crippen molar-refractivity contribution in [2.24, 2.45) is 23.7 Å². The first-order valence-corrected chi connectivity index (χ1v) is 11.6. The van der Waals surface area contributed by atoms with Crippen LogP contribution in [0.25, 0.3) is 0 Å². The van der Waals surface area contributed by atoms with Gasteiger partial charge in [-0.15, -0.1) is 0 Å². The largest absolute Gasteiger partial charge is 0.452 e. The average molecular weight is 530 g/mol. The van der Waals surface area contributed by atoms with Gasteiger partial charge in [0.15, 0.2) is 6.61 Å². The van der Waals surface area contributed by atoms with Crippen LogP contribution in [0.1, 0.15) is 16.8 Å². The molecular weight excluding hydrogens is 512 g/mol. The SMILES string of the molecule is O=C(COC(=O)c1cccc(N2C(=O)[C@@H]3[C@H](C2=O)[C@H]2C=C[C@H]3C2)c1)Nc1ccc(Br)cc1Cl. The number of amides is 3. The molecule has 3 aliphatic rings. The lowest BCUT2D eigenvalue weighted by Gasteiger charge is -2.18. The van der Waals surface area contributed by atoms with Gasteiger partial charge < -0.3 is 10.1 Å². The van der Waals surface area contributed by atoms with Crippen LogP contribution in [0.3, 0.4) is 0 Å². The second-order valence-electron chi connectivity index (χ2n) is 8.31. The molecule has 168 valence electrons. The number of hydrogen-bond donors (Lipinski definition) is 1. The average Bonchev–Trinajstić information content (AvgIpc) is 3.48. The molecule has 4 atom stereocenters. The van der Waals surface area contributed by atoms with E-state index < -0.39 is 18.5 Å². The molecule has 1 heterocycles. The second-order valence-corrected chi connectivity index (χ2v) is 9.63. The molecule has 9 heteroatoms. The number of halogens is 2. The Morgan fingerprint density at radius 1 is 1.06 bits per heavy atom. The number of hydrogen-bond acceptors (Lipinski definition) is 5. The lowest BCUT2D eigenvalue weighted by atomic mass is 9.85. The number of carbonyl (C=O) groups is 4. The molecular formula is C24H18BrClN2O5. The lowest BCUT2D eigenvalue weighted by molar-refractivity contribution is -0.123. The summed E-state index contributed by atoms with van der Waals surface area (Å²) in [7, 11) is 0. The Balaban J connectivity index is 1.25. The van der Waals surface area contributed by atoms with E-state index in [0.29, 0.717) is 16.4 Å². The number of anilines is 2. The van der Waals surface area contributed by atoms with E-state index in [2.05, 4.69) is 21.2 Å². The highest BCUT2D eigenvalue weighted by atomic mass is 79.9. The molecule has 2 bridgehead atoms. The molecule has 1 saturated heterocycles. The topological polar surface area (TPSA) is 92.8 Å². The Bertz CT molecular complexity index is 1200. The van der Waals surface area contributed by atoms with Crippen LogP contribution in [0.15, 0.2) is 59.1 Å².